The average molecular weight is 327 g/mol. The lowest BCUT2D eigenvalue weighted by atomic mass is 10.2. The minimum Gasteiger partial charge on any atom is -0.353 e. The molecule has 8 heteroatoms. The number of aromatic nitrogens is 2. The fraction of sp³-hybridized carbons (Fsp3) is 0.267. The van der Waals surface area contributed by atoms with Crippen molar-refractivity contribution >= 4 is 15.9 Å². The smallest absolute Gasteiger partial charge is 0.285 e. The molecule has 2 aliphatic heterocycles. The highest BCUT2D eigenvalue weighted by Gasteiger charge is 2.35. The highest BCUT2D eigenvalue weighted by molar-refractivity contribution is 7.90. The van der Waals surface area contributed by atoms with Crippen LogP contribution in [0.4, 0.5) is 0 Å². The molecule has 1 aromatic carbocycles. The molecule has 1 aromatic heterocycles. The Labute approximate surface area is 133 Å². The molecule has 23 heavy (non-hydrogen) atoms. The van der Waals surface area contributed by atoms with Gasteiger partial charge in [0.05, 0.1) is 17.8 Å². The van der Waals surface area contributed by atoms with E-state index in [2.05, 4.69) is 15.6 Å². The molecule has 1 saturated heterocycles. The molecule has 0 amide bonds. The zero-order valence-corrected chi connectivity index (χ0v) is 12.9. The second-order valence-electron chi connectivity index (χ2n) is 5.60. The maximum atomic E-state index is 12.1. The summed E-state index contributed by atoms with van der Waals surface area (Å²) >= 11 is 0. The lowest BCUT2D eigenvalue weighted by Gasteiger charge is -2.18. The van der Waals surface area contributed by atoms with E-state index in [0.717, 1.165) is 6.42 Å². The predicted octanol–water partition coefficient (Wildman–Crippen LogP) is 1.15. The molecule has 4 rings (SSSR count). The Morgan fingerprint density at radius 2 is 2.13 bits per heavy atom. The quantitative estimate of drug-likeness (QED) is 0.783. The van der Waals surface area contributed by atoms with Crippen molar-refractivity contribution in [2.24, 2.45) is 4.40 Å². The van der Waals surface area contributed by atoms with E-state index >= 15 is 0 Å². The summed E-state index contributed by atoms with van der Waals surface area (Å²) < 4.78 is 30.0. The fourth-order valence-electron chi connectivity index (χ4n) is 3.06. The van der Waals surface area contributed by atoms with Gasteiger partial charge in [-0.05, 0) is 18.6 Å². The molecule has 0 saturated carbocycles. The number of fused-ring (bicyclic) bond motifs is 1. The van der Waals surface area contributed by atoms with Gasteiger partial charge in [-0.2, -0.15) is 18.8 Å². The first kappa shape index (κ1) is 14.0. The van der Waals surface area contributed by atoms with E-state index in [-0.39, 0.29) is 10.9 Å². The Bertz CT molecular complexity index is 954. The molecule has 2 aromatic rings. The predicted molar refractivity (Wildman–Crippen MR) is 82.3 cm³/mol. The highest BCUT2D eigenvalue weighted by atomic mass is 32.2. The summed E-state index contributed by atoms with van der Waals surface area (Å²) in [4.78, 5) is 2.24. The molecule has 1 atom stereocenters. The molecular weight excluding hydrogens is 314 g/mol. The average Bonchev–Trinajstić information content (AvgIpc) is 3.25. The van der Waals surface area contributed by atoms with E-state index in [9.17, 15) is 8.42 Å². The summed E-state index contributed by atoms with van der Waals surface area (Å²) in [6, 6.07) is 9.06. The number of likely N-dealkylation sites (tertiary alicyclic amines) is 1. The maximum absolute atomic E-state index is 12.1. The van der Waals surface area contributed by atoms with Crippen molar-refractivity contribution < 1.29 is 8.42 Å². The van der Waals surface area contributed by atoms with Gasteiger partial charge in [0.1, 0.15) is 11.0 Å². The van der Waals surface area contributed by atoms with Crippen LogP contribution < -0.4 is 0 Å². The van der Waals surface area contributed by atoms with Crippen LogP contribution in [-0.4, -0.2) is 42.0 Å². The van der Waals surface area contributed by atoms with Crippen molar-refractivity contribution in [2.45, 2.75) is 17.4 Å². The van der Waals surface area contributed by atoms with Crippen LogP contribution in [0.5, 0.6) is 0 Å². The maximum Gasteiger partial charge on any atom is 0.285 e. The minimum atomic E-state index is -3.59. The van der Waals surface area contributed by atoms with Crippen LogP contribution in [0.3, 0.4) is 0 Å². The number of hydrogen-bond donors (Lipinski definition) is 0. The Morgan fingerprint density at radius 1 is 1.30 bits per heavy atom. The van der Waals surface area contributed by atoms with Gasteiger partial charge in [0.15, 0.2) is 5.84 Å². The van der Waals surface area contributed by atoms with Crippen LogP contribution in [0.2, 0.25) is 0 Å². The van der Waals surface area contributed by atoms with Gasteiger partial charge < -0.3 is 4.90 Å². The fourth-order valence-corrected chi connectivity index (χ4v) is 4.29. The lowest BCUT2D eigenvalue weighted by Crippen LogP contribution is -2.29. The monoisotopic (exact) mass is 327 g/mol. The third-order valence-corrected chi connectivity index (χ3v) is 5.51. The van der Waals surface area contributed by atoms with Gasteiger partial charge in [-0.1, -0.05) is 12.1 Å². The Balaban J connectivity index is 1.63. The van der Waals surface area contributed by atoms with Crippen LogP contribution in [-0.2, 0) is 10.0 Å². The summed E-state index contributed by atoms with van der Waals surface area (Å²) in [6.45, 7) is 1.32. The number of hydrogen-bond acceptors (Lipinski definition) is 5. The van der Waals surface area contributed by atoms with Gasteiger partial charge in [-0.15, -0.1) is 4.40 Å². The number of nitrogens with zero attached hydrogens (tertiary/aromatic N) is 5. The van der Waals surface area contributed by atoms with E-state index in [1.807, 2.05) is 11.0 Å². The van der Waals surface area contributed by atoms with Crippen LogP contribution >= 0.6 is 0 Å². The summed E-state index contributed by atoms with van der Waals surface area (Å²) in [7, 11) is -3.59. The first-order valence-corrected chi connectivity index (χ1v) is 8.66. The number of rotatable bonds is 1. The number of sulfonamides is 1. The Kier molecular flexibility index (Phi) is 2.99. The molecule has 7 nitrogen and oxygen atoms in total. The van der Waals surface area contributed by atoms with Crippen molar-refractivity contribution in [2.75, 3.05) is 13.1 Å². The summed E-state index contributed by atoms with van der Waals surface area (Å²) in [5.41, 5.74) is 1.18. The molecule has 0 bridgehead atoms. The van der Waals surface area contributed by atoms with Gasteiger partial charge in [-0.3, -0.25) is 4.68 Å². The van der Waals surface area contributed by atoms with Crippen LogP contribution in [0.15, 0.2) is 46.0 Å². The molecule has 0 N–H and O–H groups in total. The normalized spacial score (nSPS) is 21.8. The van der Waals surface area contributed by atoms with Crippen LogP contribution in [0, 0.1) is 11.3 Å². The van der Waals surface area contributed by atoms with Crippen molar-refractivity contribution in [1.29, 1.82) is 5.26 Å². The Morgan fingerprint density at radius 3 is 2.91 bits per heavy atom. The van der Waals surface area contributed by atoms with E-state index in [0.29, 0.717) is 30.1 Å². The van der Waals surface area contributed by atoms with E-state index in [1.165, 1.54) is 6.20 Å². The van der Waals surface area contributed by atoms with Gasteiger partial charge in [0.25, 0.3) is 10.0 Å². The molecule has 0 aliphatic carbocycles. The third-order valence-electron chi connectivity index (χ3n) is 4.18. The molecule has 1 fully saturated rings. The molecule has 1 unspecified atom stereocenters. The third kappa shape index (κ3) is 2.21. The molecule has 116 valence electrons. The minimum absolute atomic E-state index is 0.107. The topological polar surface area (TPSA) is 91.3 Å². The second-order valence-corrected chi connectivity index (χ2v) is 7.17. The van der Waals surface area contributed by atoms with Gasteiger partial charge in [-0.25, -0.2) is 0 Å². The number of amidine groups is 1. The zero-order valence-electron chi connectivity index (χ0n) is 12.1. The van der Waals surface area contributed by atoms with Crippen molar-refractivity contribution in [3.8, 4) is 6.07 Å². The van der Waals surface area contributed by atoms with Gasteiger partial charge in [0, 0.05) is 24.8 Å². The summed E-state index contributed by atoms with van der Waals surface area (Å²) in [5, 5.41) is 13.1. The highest BCUT2D eigenvalue weighted by Crippen LogP contribution is 2.31. The van der Waals surface area contributed by atoms with Crippen molar-refractivity contribution in [3.05, 3.63) is 47.8 Å². The largest absolute Gasteiger partial charge is 0.353 e. The van der Waals surface area contributed by atoms with Gasteiger partial charge in [0.2, 0.25) is 0 Å². The van der Waals surface area contributed by atoms with Crippen LogP contribution in [0.1, 0.15) is 23.6 Å². The molecular formula is C15H13N5O2S. The molecule has 3 heterocycles. The SMILES string of the molecule is N#Cc1cnn(C2CCN(C3=NS(=O)(=O)c4ccccc43)C2)c1. The molecule has 0 radical (unpaired) electrons. The zero-order chi connectivity index (χ0) is 16.0. The first-order valence-electron chi connectivity index (χ1n) is 7.22. The van der Waals surface area contributed by atoms with Crippen molar-refractivity contribution in [3.63, 3.8) is 0 Å². The second kappa shape index (κ2) is 4.93. The van der Waals surface area contributed by atoms with E-state index in [4.69, 9.17) is 5.26 Å². The first-order chi connectivity index (χ1) is 11.1. The lowest BCUT2D eigenvalue weighted by molar-refractivity contribution is 0.443. The Hall–Kier alpha value is -2.66. The molecule has 2 aliphatic rings. The van der Waals surface area contributed by atoms with E-state index in [1.54, 1.807) is 29.1 Å². The van der Waals surface area contributed by atoms with Crippen LogP contribution in [0.25, 0.3) is 0 Å². The van der Waals surface area contributed by atoms with E-state index < -0.39 is 10.0 Å². The molecule has 0 spiro atoms. The number of benzene rings is 1. The van der Waals surface area contributed by atoms with Crippen molar-refractivity contribution in [1.82, 2.24) is 14.7 Å². The standard InChI is InChI=1S/C15H13N5O2S/c16-7-11-8-17-20(9-11)12-5-6-19(10-12)15-13-3-1-2-4-14(13)23(21,22)18-15/h1-4,8-9,12H,5-6,10H2. The summed E-state index contributed by atoms with van der Waals surface area (Å²) in [6.07, 6.45) is 4.08. The number of nitriles is 1. The summed E-state index contributed by atoms with van der Waals surface area (Å²) in [5.74, 6) is 0.510. The van der Waals surface area contributed by atoms with Gasteiger partial charge >= 0.3 is 0 Å².